The first-order chi connectivity index (χ1) is 10.1. The van der Waals surface area contributed by atoms with Crippen LogP contribution in [0.5, 0.6) is 5.75 Å². The minimum absolute atomic E-state index is 0.386. The van der Waals surface area contributed by atoms with E-state index in [0.29, 0.717) is 16.7 Å². The van der Waals surface area contributed by atoms with Crippen LogP contribution >= 0.6 is 22.9 Å². The number of hydrogen-bond donors (Lipinski definition) is 0. The molecule has 0 unspecified atom stereocenters. The van der Waals surface area contributed by atoms with Gasteiger partial charge in [-0.2, -0.15) is 0 Å². The molecule has 0 saturated carbocycles. The zero-order chi connectivity index (χ0) is 15.0. The van der Waals surface area contributed by atoms with Crippen molar-refractivity contribution >= 4 is 33.8 Å². The maximum atomic E-state index is 6.56. The molecular formula is C16H14ClN2OS. The minimum atomic E-state index is 0.386. The molecule has 1 radical (unpaired) electrons. The number of benzene rings is 1. The molecule has 3 aromatic rings. The first kappa shape index (κ1) is 14.3. The van der Waals surface area contributed by atoms with Crippen LogP contribution in [0.15, 0.2) is 23.6 Å². The highest BCUT2D eigenvalue weighted by atomic mass is 35.5. The third kappa shape index (κ3) is 2.49. The molecule has 3 rings (SSSR count). The first-order valence-corrected chi connectivity index (χ1v) is 7.87. The van der Waals surface area contributed by atoms with E-state index < -0.39 is 0 Å². The molecule has 0 N–H and O–H groups in total. The van der Waals surface area contributed by atoms with E-state index in [1.54, 1.807) is 18.4 Å². The van der Waals surface area contributed by atoms with E-state index in [0.717, 1.165) is 27.2 Å². The van der Waals surface area contributed by atoms with Crippen LogP contribution in [0, 0.1) is 6.20 Å². The minimum Gasteiger partial charge on any atom is -0.496 e. The van der Waals surface area contributed by atoms with E-state index in [9.17, 15) is 0 Å². The number of nitrogens with zero attached hydrogens (tertiary/aromatic N) is 2. The predicted octanol–water partition coefficient (Wildman–Crippen LogP) is 4.94. The fourth-order valence-corrected chi connectivity index (χ4v) is 3.46. The van der Waals surface area contributed by atoms with Crippen molar-refractivity contribution in [2.45, 2.75) is 19.8 Å². The number of aromatic nitrogens is 2. The van der Waals surface area contributed by atoms with Crippen LogP contribution in [-0.4, -0.2) is 17.1 Å². The second-order valence-electron chi connectivity index (χ2n) is 5.00. The number of pyridine rings is 1. The van der Waals surface area contributed by atoms with Gasteiger partial charge in [-0.1, -0.05) is 31.5 Å². The Bertz CT molecular complexity index is 798. The molecule has 3 nitrogen and oxygen atoms in total. The topological polar surface area (TPSA) is 35.0 Å². The average Bonchev–Trinajstić information content (AvgIpc) is 2.97. The van der Waals surface area contributed by atoms with Gasteiger partial charge in [0, 0.05) is 5.38 Å². The van der Waals surface area contributed by atoms with E-state index in [1.165, 1.54) is 0 Å². The van der Waals surface area contributed by atoms with E-state index in [2.05, 4.69) is 35.4 Å². The second kappa shape index (κ2) is 5.62. The Kier molecular flexibility index (Phi) is 3.83. The number of rotatable bonds is 3. The average molecular weight is 318 g/mol. The molecule has 5 heteroatoms. The molecule has 0 spiro atoms. The summed E-state index contributed by atoms with van der Waals surface area (Å²) in [5.41, 5.74) is 2.55. The second-order valence-corrected chi connectivity index (χ2v) is 6.24. The third-order valence-corrected chi connectivity index (χ3v) is 4.53. The highest BCUT2D eigenvalue weighted by Gasteiger charge is 2.16. The van der Waals surface area contributed by atoms with Gasteiger partial charge < -0.3 is 4.74 Å². The van der Waals surface area contributed by atoms with Crippen molar-refractivity contribution in [1.82, 2.24) is 9.97 Å². The summed E-state index contributed by atoms with van der Waals surface area (Å²) in [5, 5.41) is 4.28. The van der Waals surface area contributed by atoms with Crippen LogP contribution in [0.2, 0.25) is 5.02 Å². The van der Waals surface area contributed by atoms with Gasteiger partial charge in [0.05, 0.1) is 34.3 Å². The van der Waals surface area contributed by atoms with Gasteiger partial charge in [-0.15, -0.1) is 11.3 Å². The van der Waals surface area contributed by atoms with E-state index in [4.69, 9.17) is 16.3 Å². The van der Waals surface area contributed by atoms with Gasteiger partial charge in [-0.3, -0.25) is 0 Å². The fourth-order valence-electron chi connectivity index (χ4n) is 2.10. The van der Waals surface area contributed by atoms with Crippen LogP contribution < -0.4 is 4.74 Å². The molecule has 21 heavy (non-hydrogen) atoms. The lowest BCUT2D eigenvalue weighted by atomic mass is 10.1. The first-order valence-electron chi connectivity index (χ1n) is 6.61. The number of halogens is 1. The Labute approximate surface area is 132 Å². The smallest absolute Gasteiger partial charge is 0.129 e. The lowest BCUT2D eigenvalue weighted by Gasteiger charge is -2.08. The van der Waals surface area contributed by atoms with Crippen LogP contribution in [-0.2, 0) is 0 Å². The Hall–Kier alpha value is -1.65. The molecule has 0 atom stereocenters. The summed E-state index contributed by atoms with van der Waals surface area (Å²) in [4.78, 5) is 8.98. The predicted molar refractivity (Wildman–Crippen MR) is 87.3 cm³/mol. The van der Waals surface area contributed by atoms with E-state index in [1.807, 2.05) is 18.2 Å². The molecule has 0 saturated heterocycles. The molecule has 107 valence electrons. The van der Waals surface area contributed by atoms with Crippen LogP contribution in [0.3, 0.4) is 0 Å². The number of hydrogen-bond acceptors (Lipinski definition) is 4. The summed E-state index contributed by atoms with van der Waals surface area (Å²) >= 11 is 8.12. The van der Waals surface area contributed by atoms with Gasteiger partial charge in [0.2, 0.25) is 0 Å². The molecule has 0 bridgehead atoms. The van der Waals surface area contributed by atoms with Crippen molar-refractivity contribution in [3.8, 4) is 16.3 Å². The number of ether oxygens (including phenoxy) is 1. The molecule has 0 amide bonds. The van der Waals surface area contributed by atoms with Crippen molar-refractivity contribution in [3.63, 3.8) is 0 Å². The monoisotopic (exact) mass is 317 g/mol. The van der Waals surface area contributed by atoms with E-state index in [-0.39, 0.29) is 0 Å². The normalized spacial score (nSPS) is 11.3. The molecule has 0 aliphatic carbocycles. The molecule has 0 aliphatic rings. The Morgan fingerprint density at radius 3 is 2.81 bits per heavy atom. The fraction of sp³-hybridized carbons (Fsp3) is 0.250. The standard InChI is InChI=1S/C16H14ClN2OS/c1-9(2)12-8-21-16(19-12)10-7-18-11-5-4-6-13(20-3)14(11)15(10)17/h4-6,8-9H,1-3H3. The van der Waals surface area contributed by atoms with Crippen molar-refractivity contribution < 1.29 is 4.74 Å². The summed E-state index contributed by atoms with van der Waals surface area (Å²) in [6.07, 6.45) is 3.01. The van der Waals surface area contributed by atoms with Crippen molar-refractivity contribution in [1.29, 1.82) is 0 Å². The summed E-state index contributed by atoms with van der Waals surface area (Å²) in [6, 6.07) is 5.66. The molecule has 0 aliphatic heterocycles. The van der Waals surface area contributed by atoms with Crippen LogP contribution in [0.1, 0.15) is 25.5 Å². The van der Waals surface area contributed by atoms with Gasteiger partial charge in [0.25, 0.3) is 0 Å². The maximum absolute atomic E-state index is 6.56. The van der Waals surface area contributed by atoms with Crippen LogP contribution in [0.25, 0.3) is 21.5 Å². The SMILES string of the molecule is COc1cccc2n[c]c(-c3nc(C(C)C)cs3)c(Cl)c12. The van der Waals surface area contributed by atoms with Crippen molar-refractivity contribution in [2.24, 2.45) is 0 Å². The summed E-state index contributed by atoms with van der Waals surface area (Å²) in [6.45, 7) is 4.23. The number of thiazole rings is 1. The Balaban J connectivity index is 2.21. The van der Waals surface area contributed by atoms with Gasteiger partial charge in [-0.05, 0) is 18.1 Å². The molecule has 0 fully saturated rings. The number of methoxy groups -OCH3 is 1. The van der Waals surface area contributed by atoms with Crippen molar-refractivity contribution in [2.75, 3.05) is 7.11 Å². The zero-order valence-corrected chi connectivity index (χ0v) is 13.5. The molecule has 2 heterocycles. The van der Waals surface area contributed by atoms with Gasteiger partial charge in [-0.25, -0.2) is 9.97 Å². The molecular weight excluding hydrogens is 304 g/mol. The third-order valence-electron chi connectivity index (χ3n) is 3.28. The highest BCUT2D eigenvalue weighted by molar-refractivity contribution is 7.13. The lowest BCUT2D eigenvalue weighted by molar-refractivity contribution is 0.420. The summed E-state index contributed by atoms with van der Waals surface area (Å²) in [5.74, 6) is 1.10. The summed E-state index contributed by atoms with van der Waals surface area (Å²) < 4.78 is 5.39. The maximum Gasteiger partial charge on any atom is 0.129 e. The van der Waals surface area contributed by atoms with E-state index >= 15 is 0 Å². The zero-order valence-electron chi connectivity index (χ0n) is 12.0. The summed E-state index contributed by atoms with van der Waals surface area (Å²) in [7, 11) is 1.63. The molecule has 2 aromatic heterocycles. The van der Waals surface area contributed by atoms with Crippen molar-refractivity contribution in [3.05, 3.63) is 40.5 Å². The highest BCUT2D eigenvalue weighted by Crippen LogP contribution is 2.38. The van der Waals surface area contributed by atoms with Crippen LogP contribution in [0.4, 0.5) is 0 Å². The Morgan fingerprint density at radius 1 is 1.33 bits per heavy atom. The lowest BCUT2D eigenvalue weighted by Crippen LogP contribution is -1.91. The van der Waals surface area contributed by atoms with Gasteiger partial charge in [0.15, 0.2) is 0 Å². The molecule has 1 aromatic carbocycles. The van der Waals surface area contributed by atoms with Gasteiger partial charge in [0.1, 0.15) is 17.0 Å². The van der Waals surface area contributed by atoms with Gasteiger partial charge >= 0.3 is 0 Å². The quantitative estimate of drug-likeness (QED) is 0.686. The number of fused-ring (bicyclic) bond motifs is 1. The largest absolute Gasteiger partial charge is 0.496 e. The Morgan fingerprint density at radius 2 is 2.14 bits per heavy atom.